The molecule has 0 spiro atoms. The molecule has 0 saturated carbocycles. The van der Waals surface area contributed by atoms with Crippen molar-refractivity contribution in [3.05, 3.63) is 113 Å². The molecule has 4 heterocycles. The first-order chi connectivity index (χ1) is 24.1. The lowest BCUT2D eigenvalue weighted by molar-refractivity contribution is 0.251. The molecule has 10 nitrogen and oxygen atoms in total. The zero-order valence-electron chi connectivity index (χ0n) is 28.2. The quantitative estimate of drug-likeness (QED) is 0.139. The van der Waals surface area contributed by atoms with Crippen LogP contribution in [0.4, 0.5) is 10.6 Å². The van der Waals surface area contributed by atoms with Gasteiger partial charge in [-0.2, -0.15) is 5.10 Å². The molecule has 3 aromatic heterocycles. The molecule has 6 aromatic rings. The van der Waals surface area contributed by atoms with Crippen LogP contribution in [0.3, 0.4) is 0 Å². The van der Waals surface area contributed by atoms with Crippen LogP contribution in [-0.2, 0) is 18.5 Å². The number of hydrogen-bond donors (Lipinski definition) is 3. The Morgan fingerprint density at radius 1 is 0.960 bits per heavy atom. The molecule has 0 radical (unpaired) electrons. The summed E-state index contributed by atoms with van der Waals surface area (Å²) in [5, 5.41) is 30.6. The van der Waals surface area contributed by atoms with E-state index in [9.17, 15) is 9.90 Å². The summed E-state index contributed by atoms with van der Waals surface area (Å²) >= 11 is 7.77. The van der Waals surface area contributed by atoms with Crippen molar-refractivity contribution in [3.8, 4) is 22.8 Å². The lowest BCUT2D eigenvalue weighted by Gasteiger charge is -2.16. The second-order valence-electron chi connectivity index (χ2n) is 13.5. The fourth-order valence-electron chi connectivity index (χ4n) is 6.03. The highest BCUT2D eigenvalue weighted by Crippen LogP contribution is 2.34. The van der Waals surface area contributed by atoms with Gasteiger partial charge >= 0.3 is 6.03 Å². The molecule has 2 amide bonds. The van der Waals surface area contributed by atoms with Gasteiger partial charge < -0.3 is 10.4 Å². The minimum absolute atomic E-state index is 0.0696. The molecule has 50 heavy (non-hydrogen) atoms. The second kappa shape index (κ2) is 14.2. The third kappa shape index (κ3) is 7.50. The Kier molecular flexibility index (Phi) is 9.54. The van der Waals surface area contributed by atoms with Gasteiger partial charge in [0.1, 0.15) is 11.6 Å². The van der Waals surface area contributed by atoms with E-state index in [0.717, 1.165) is 46.4 Å². The van der Waals surface area contributed by atoms with Crippen molar-refractivity contribution in [3.63, 3.8) is 0 Å². The van der Waals surface area contributed by atoms with E-state index in [4.69, 9.17) is 16.7 Å². The molecule has 256 valence electrons. The number of amides is 2. The first kappa shape index (κ1) is 33.6. The summed E-state index contributed by atoms with van der Waals surface area (Å²) in [6, 6.07) is 26.7. The smallest absolute Gasteiger partial charge is 0.320 e. The molecular weight excluding hydrogens is 668 g/mol. The van der Waals surface area contributed by atoms with E-state index >= 15 is 0 Å². The van der Waals surface area contributed by atoms with Crippen LogP contribution in [0.1, 0.15) is 50.4 Å². The lowest BCUT2D eigenvalue weighted by atomic mass is 9.92. The van der Waals surface area contributed by atoms with Crippen molar-refractivity contribution < 1.29 is 9.90 Å². The third-order valence-electron chi connectivity index (χ3n) is 8.69. The monoisotopic (exact) mass is 706 g/mol. The Morgan fingerprint density at radius 2 is 1.78 bits per heavy atom. The Hall–Kier alpha value is -4.84. The summed E-state index contributed by atoms with van der Waals surface area (Å²) in [4.78, 5) is 17.8. The minimum Gasteiger partial charge on any atom is -0.507 e. The molecule has 3 aromatic carbocycles. The van der Waals surface area contributed by atoms with Crippen molar-refractivity contribution in [1.29, 1.82) is 0 Å². The van der Waals surface area contributed by atoms with Gasteiger partial charge in [0, 0.05) is 45.6 Å². The van der Waals surface area contributed by atoms with Crippen LogP contribution in [0.2, 0.25) is 5.02 Å². The molecule has 3 N–H and O–H groups in total. The molecule has 1 saturated heterocycles. The first-order valence-corrected chi connectivity index (χ1v) is 17.9. The molecule has 0 aliphatic carbocycles. The average Bonchev–Trinajstić information content (AvgIpc) is 3.86. The van der Waals surface area contributed by atoms with E-state index in [0.29, 0.717) is 34.4 Å². The number of aromatic nitrogens is 5. The predicted octanol–water partition coefficient (Wildman–Crippen LogP) is 8.31. The van der Waals surface area contributed by atoms with Crippen LogP contribution < -0.4 is 10.6 Å². The van der Waals surface area contributed by atoms with E-state index in [-0.39, 0.29) is 17.2 Å². The molecule has 1 fully saturated rings. The summed E-state index contributed by atoms with van der Waals surface area (Å²) in [7, 11) is 0. The largest absolute Gasteiger partial charge is 0.507 e. The van der Waals surface area contributed by atoms with Crippen molar-refractivity contribution in [2.75, 3.05) is 18.4 Å². The number of nitrogens with zero attached hydrogens (tertiary/aromatic N) is 6. The molecular formula is C38H39ClN8O2S. The number of urea groups is 1. The zero-order chi connectivity index (χ0) is 34.8. The average molecular weight is 707 g/mol. The summed E-state index contributed by atoms with van der Waals surface area (Å²) < 4.78 is 3.66. The van der Waals surface area contributed by atoms with Gasteiger partial charge in [0.25, 0.3) is 0 Å². The maximum absolute atomic E-state index is 13.4. The van der Waals surface area contributed by atoms with Crippen molar-refractivity contribution in [2.24, 2.45) is 0 Å². The van der Waals surface area contributed by atoms with Gasteiger partial charge in [-0.3, -0.25) is 14.6 Å². The van der Waals surface area contributed by atoms with E-state index in [1.807, 2.05) is 63.8 Å². The number of phenolic OH excluding ortho intramolecular Hbond substituents is 1. The van der Waals surface area contributed by atoms with Crippen molar-refractivity contribution >= 4 is 40.9 Å². The number of likely N-dealkylation sites (tertiary alicyclic amines) is 1. The Labute approximate surface area is 300 Å². The number of carbonyl (C=O) groups excluding carboxylic acids is 1. The number of anilines is 1. The molecule has 12 heteroatoms. The van der Waals surface area contributed by atoms with Gasteiger partial charge in [0.15, 0.2) is 11.5 Å². The summed E-state index contributed by atoms with van der Waals surface area (Å²) in [6.07, 6.45) is 4.43. The normalized spacial score (nSPS) is 13.6. The van der Waals surface area contributed by atoms with Crippen LogP contribution in [0.5, 0.6) is 5.75 Å². The number of carbonyl (C=O) groups is 1. The van der Waals surface area contributed by atoms with Crippen molar-refractivity contribution in [1.82, 2.24) is 34.6 Å². The number of nitrogens with one attached hydrogen (secondary N) is 2. The van der Waals surface area contributed by atoms with Crippen LogP contribution in [0, 0.1) is 0 Å². The van der Waals surface area contributed by atoms with Crippen molar-refractivity contribution in [2.45, 2.75) is 61.9 Å². The second-order valence-corrected chi connectivity index (χ2v) is 15.1. The predicted molar refractivity (Wildman–Crippen MR) is 198 cm³/mol. The van der Waals surface area contributed by atoms with Gasteiger partial charge in [-0.1, -0.05) is 74.5 Å². The number of rotatable bonds is 9. The fourth-order valence-corrected chi connectivity index (χ4v) is 7.17. The maximum atomic E-state index is 13.4. The first-order valence-electron chi connectivity index (χ1n) is 16.7. The number of aromatic hydroxyl groups is 1. The molecule has 0 bridgehead atoms. The molecule has 0 atom stereocenters. The summed E-state index contributed by atoms with van der Waals surface area (Å²) in [5.41, 5.74) is 4.92. The topological polar surface area (TPSA) is 113 Å². The SMILES string of the molecule is CC(C)(C)c1cc(NC(=O)NCc2ccccc2Sc2ccc3nnc(-c4cc(Cl)ccc4O)n3c2)n(-c2cccc(CN3CCCC3)c2)n1. The van der Waals surface area contributed by atoms with Crippen LogP contribution in [-0.4, -0.2) is 53.5 Å². The number of fused-ring (bicyclic) bond motifs is 1. The lowest BCUT2D eigenvalue weighted by Crippen LogP contribution is -2.29. The maximum Gasteiger partial charge on any atom is 0.320 e. The van der Waals surface area contributed by atoms with E-state index in [1.54, 1.807) is 30.0 Å². The van der Waals surface area contributed by atoms with E-state index < -0.39 is 0 Å². The van der Waals surface area contributed by atoms with Crippen LogP contribution >= 0.6 is 23.4 Å². The number of halogens is 1. The standard InChI is InChI=1S/C38H39ClN8O2S/c1-38(2,3)33-21-35(47(44-33)28-11-8-9-25(19-28)23-45-17-6-7-18-45)41-37(49)40-22-26-10-4-5-12-32(26)50-29-14-16-34-42-43-36(46(34)24-29)30-20-27(39)13-15-31(30)48/h4-5,8-16,19-21,24,48H,6-7,17-18,22-23H2,1-3H3,(H2,40,41,49). The molecule has 0 unspecified atom stereocenters. The number of pyridine rings is 1. The number of benzene rings is 3. The molecule has 1 aliphatic rings. The zero-order valence-corrected chi connectivity index (χ0v) is 29.8. The third-order valence-corrected chi connectivity index (χ3v) is 10.0. The van der Waals surface area contributed by atoms with Gasteiger partial charge in [0.05, 0.1) is 16.9 Å². The summed E-state index contributed by atoms with van der Waals surface area (Å²) in [5.74, 6) is 1.17. The Bertz CT molecular complexity index is 2170. The Morgan fingerprint density at radius 3 is 2.60 bits per heavy atom. The van der Waals surface area contributed by atoms with Crippen LogP contribution in [0.15, 0.2) is 101 Å². The number of phenols is 1. The molecule has 1 aliphatic heterocycles. The number of hydrogen-bond acceptors (Lipinski definition) is 7. The van der Waals surface area contributed by atoms with E-state index in [2.05, 4.69) is 64.7 Å². The van der Waals surface area contributed by atoms with Gasteiger partial charge in [-0.15, -0.1) is 10.2 Å². The summed E-state index contributed by atoms with van der Waals surface area (Å²) in [6.45, 7) is 9.82. The van der Waals surface area contributed by atoms with Crippen LogP contribution in [0.25, 0.3) is 22.7 Å². The van der Waals surface area contributed by atoms with Gasteiger partial charge in [-0.25, -0.2) is 9.48 Å². The Balaban J connectivity index is 1.08. The highest BCUT2D eigenvalue weighted by molar-refractivity contribution is 7.99. The van der Waals surface area contributed by atoms with Gasteiger partial charge in [0.2, 0.25) is 0 Å². The minimum atomic E-state index is -0.323. The van der Waals surface area contributed by atoms with E-state index in [1.165, 1.54) is 18.4 Å². The highest BCUT2D eigenvalue weighted by Gasteiger charge is 2.22. The van der Waals surface area contributed by atoms with Gasteiger partial charge in [-0.05, 0) is 85.6 Å². The molecule has 7 rings (SSSR count). The highest BCUT2D eigenvalue weighted by atomic mass is 35.5. The fraction of sp³-hybridized carbons (Fsp3) is 0.263.